The van der Waals surface area contributed by atoms with E-state index in [-0.39, 0.29) is 22.3 Å². The molecule has 1 aliphatic heterocycles. The Kier molecular flexibility index (Phi) is 6.34. The van der Waals surface area contributed by atoms with E-state index in [1.54, 1.807) is 11.6 Å². The predicted octanol–water partition coefficient (Wildman–Crippen LogP) is 4.26. The monoisotopic (exact) mass is 515 g/mol. The molecular weight excluding hydrogens is 495 g/mol. The number of halogens is 4. The number of sulfonamides is 1. The number of benzene rings is 1. The molecule has 34 heavy (non-hydrogen) atoms. The number of hydrogen-bond acceptors (Lipinski definition) is 5. The number of carbonyl (C=O) groups excluding carboxylic acids is 1. The minimum Gasteiger partial charge on any atom is -0.322 e. The van der Waals surface area contributed by atoms with Gasteiger partial charge in [-0.25, -0.2) is 22.4 Å². The number of aromatic nitrogens is 3. The number of anilines is 1. The molecule has 13 heteroatoms. The summed E-state index contributed by atoms with van der Waals surface area (Å²) in [6.07, 6.45) is -0.885. The summed E-state index contributed by atoms with van der Waals surface area (Å²) in [5.41, 5.74) is 0.452. The molecule has 8 nitrogen and oxygen atoms in total. The number of carbonyl (C=O) groups is 1. The molecule has 3 aromatic rings. The number of nitrogens with zero attached hydrogens (tertiary/aromatic N) is 4. The van der Waals surface area contributed by atoms with Gasteiger partial charge in [0.1, 0.15) is 0 Å². The van der Waals surface area contributed by atoms with Crippen LogP contribution in [-0.2, 0) is 16.2 Å². The van der Waals surface area contributed by atoms with Gasteiger partial charge in [-0.05, 0) is 44.0 Å². The number of aryl methyl sites for hydroxylation is 1. The number of piperidine rings is 1. The zero-order chi connectivity index (χ0) is 24.8. The number of nitrogens with one attached hydrogen (secondary N) is 1. The highest BCUT2D eigenvalue weighted by atomic mass is 35.5. The lowest BCUT2D eigenvalue weighted by Crippen LogP contribution is -2.38. The fourth-order valence-corrected chi connectivity index (χ4v) is 5.24. The molecule has 0 spiro atoms. The van der Waals surface area contributed by atoms with Crippen LogP contribution in [-0.4, -0.2) is 52.7 Å². The second-order valence-corrected chi connectivity index (χ2v) is 10.5. The van der Waals surface area contributed by atoms with Gasteiger partial charge in [0.15, 0.2) is 5.65 Å². The summed E-state index contributed by atoms with van der Waals surface area (Å²) < 4.78 is 64.9. The van der Waals surface area contributed by atoms with Gasteiger partial charge >= 0.3 is 6.18 Å². The average Bonchev–Trinajstić information content (AvgIpc) is 3.10. The van der Waals surface area contributed by atoms with E-state index in [0.29, 0.717) is 42.7 Å². The Morgan fingerprint density at radius 1 is 1.18 bits per heavy atom. The first-order chi connectivity index (χ1) is 15.9. The summed E-state index contributed by atoms with van der Waals surface area (Å²) in [6, 6.07) is 3.99. The number of alkyl halides is 3. The lowest BCUT2D eigenvalue weighted by molar-refractivity contribution is -0.137. The van der Waals surface area contributed by atoms with E-state index in [1.807, 2.05) is 0 Å². The highest BCUT2D eigenvalue weighted by Gasteiger charge is 2.31. The predicted molar refractivity (Wildman–Crippen MR) is 121 cm³/mol. The van der Waals surface area contributed by atoms with E-state index in [2.05, 4.69) is 15.4 Å². The summed E-state index contributed by atoms with van der Waals surface area (Å²) in [5, 5.41) is 7.70. The molecule has 4 rings (SSSR count). The van der Waals surface area contributed by atoms with E-state index in [0.717, 1.165) is 24.3 Å². The topological polar surface area (TPSA) is 97.2 Å². The molecule has 1 saturated heterocycles. The third-order valence-corrected chi connectivity index (χ3v) is 7.48. The van der Waals surface area contributed by atoms with Crippen LogP contribution in [0.15, 0.2) is 30.5 Å². The van der Waals surface area contributed by atoms with E-state index in [9.17, 15) is 26.4 Å². The Morgan fingerprint density at radius 3 is 2.35 bits per heavy atom. The Bertz CT molecular complexity index is 1350. The van der Waals surface area contributed by atoms with Crippen LogP contribution in [0, 0.1) is 6.92 Å². The smallest absolute Gasteiger partial charge is 0.322 e. The van der Waals surface area contributed by atoms with Gasteiger partial charge in [-0.1, -0.05) is 11.6 Å². The summed E-state index contributed by atoms with van der Waals surface area (Å²) in [7, 11) is -3.26. The van der Waals surface area contributed by atoms with Crippen LogP contribution in [0.5, 0.6) is 0 Å². The van der Waals surface area contributed by atoms with Crippen molar-refractivity contribution >= 4 is 44.3 Å². The van der Waals surface area contributed by atoms with Crippen LogP contribution in [0.3, 0.4) is 0 Å². The van der Waals surface area contributed by atoms with Crippen molar-refractivity contribution in [2.45, 2.75) is 32.0 Å². The number of pyridine rings is 1. The van der Waals surface area contributed by atoms with Crippen molar-refractivity contribution in [3.63, 3.8) is 0 Å². The lowest BCUT2D eigenvalue weighted by Gasteiger charge is -2.30. The maximum atomic E-state index is 12.8. The summed E-state index contributed by atoms with van der Waals surface area (Å²) in [5.74, 6) is -0.618. The fraction of sp³-hybridized carbons (Fsp3) is 0.381. The first-order valence-corrected chi connectivity index (χ1v) is 12.6. The van der Waals surface area contributed by atoms with Crippen molar-refractivity contribution < 1.29 is 26.4 Å². The van der Waals surface area contributed by atoms with Gasteiger partial charge in [-0.15, -0.1) is 0 Å². The zero-order valence-corrected chi connectivity index (χ0v) is 19.8. The lowest BCUT2D eigenvalue weighted by atomic mass is 10.1. The molecule has 1 amide bonds. The van der Waals surface area contributed by atoms with Gasteiger partial charge in [0, 0.05) is 25.0 Å². The molecule has 2 aromatic heterocycles. The highest BCUT2D eigenvalue weighted by Crippen LogP contribution is 2.34. The Labute approximate surface area is 198 Å². The second-order valence-electron chi connectivity index (χ2n) is 8.14. The summed E-state index contributed by atoms with van der Waals surface area (Å²) >= 11 is 6.54. The molecule has 0 unspecified atom stereocenters. The zero-order valence-electron chi connectivity index (χ0n) is 18.2. The maximum absolute atomic E-state index is 12.8. The number of fused-ring (bicyclic) bond motifs is 1. The third kappa shape index (κ3) is 4.75. The number of amides is 1. The van der Waals surface area contributed by atoms with E-state index < -0.39 is 27.7 Å². The number of hydrogen-bond donors (Lipinski definition) is 1. The third-order valence-electron chi connectivity index (χ3n) is 5.79. The van der Waals surface area contributed by atoms with Crippen molar-refractivity contribution in [3.05, 3.63) is 52.3 Å². The molecule has 1 aromatic carbocycles. The van der Waals surface area contributed by atoms with Crippen LogP contribution >= 0.6 is 11.6 Å². The molecule has 3 heterocycles. The average molecular weight is 516 g/mol. The Balaban J connectivity index is 1.57. The summed E-state index contributed by atoms with van der Waals surface area (Å²) in [6.45, 7) is 2.46. The van der Waals surface area contributed by atoms with Crippen LogP contribution in [0.25, 0.3) is 11.0 Å². The Hall–Kier alpha value is -2.70. The molecular formula is C21H21ClF3N5O3S. The van der Waals surface area contributed by atoms with Crippen molar-refractivity contribution in [1.29, 1.82) is 0 Å². The van der Waals surface area contributed by atoms with Gasteiger partial charge in [0.25, 0.3) is 5.91 Å². The molecule has 0 radical (unpaired) electrons. The minimum absolute atomic E-state index is 0.0589. The largest absolute Gasteiger partial charge is 0.416 e. The summed E-state index contributed by atoms with van der Waals surface area (Å²) in [4.78, 5) is 17.2. The molecule has 1 fully saturated rings. The highest BCUT2D eigenvalue weighted by molar-refractivity contribution is 7.88. The van der Waals surface area contributed by atoms with Crippen molar-refractivity contribution in [2.75, 3.05) is 24.7 Å². The molecule has 182 valence electrons. The van der Waals surface area contributed by atoms with E-state index in [1.165, 1.54) is 16.8 Å². The number of rotatable bonds is 4. The van der Waals surface area contributed by atoms with Gasteiger partial charge in [-0.3, -0.25) is 4.79 Å². The maximum Gasteiger partial charge on any atom is 0.416 e. The van der Waals surface area contributed by atoms with Gasteiger partial charge in [0.2, 0.25) is 10.0 Å². The van der Waals surface area contributed by atoms with Gasteiger partial charge in [-0.2, -0.15) is 18.3 Å². The molecule has 0 aliphatic carbocycles. The van der Waals surface area contributed by atoms with Crippen molar-refractivity contribution in [1.82, 2.24) is 19.1 Å². The van der Waals surface area contributed by atoms with Crippen LogP contribution in [0.1, 0.15) is 40.5 Å². The molecule has 0 saturated carbocycles. The van der Waals surface area contributed by atoms with Crippen molar-refractivity contribution in [3.8, 4) is 0 Å². The van der Waals surface area contributed by atoms with Crippen molar-refractivity contribution in [2.24, 2.45) is 0 Å². The SMILES string of the molecule is Cc1nn(C2CCN(S(C)(=O)=O)CC2)c2ncc(C(=O)Nc3ccc(C(F)(F)F)cc3)c(Cl)c12. The van der Waals surface area contributed by atoms with E-state index >= 15 is 0 Å². The van der Waals surface area contributed by atoms with Gasteiger partial charge in [0.05, 0.1) is 39.5 Å². The van der Waals surface area contributed by atoms with Crippen LogP contribution < -0.4 is 5.32 Å². The van der Waals surface area contributed by atoms with E-state index in [4.69, 9.17) is 11.6 Å². The standard InChI is InChI=1S/C21H21ClF3N5O3S/c1-12-17-18(22)16(20(31)27-14-5-3-13(4-6-14)21(23,24)25)11-26-19(17)30(28-12)15-7-9-29(10-8-15)34(2,32)33/h3-6,11,15H,7-10H2,1-2H3,(H,27,31). The molecule has 1 aliphatic rings. The quantitative estimate of drug-likeness (QED) is 0.560. The normalized spacial score (nSPS) is 16.2. The minimum atomic E-state index is -4.47. The fourth-order valence-electron chi connectivity index (χ4n) is 4.01. The van der Waals surface area contributed by atoms with Crippen LogP contribution in [0.2, 0.25) is 5.02 Å². The molecule has 1 N–H and O–H groups in total. The molecule has 0 bridgehead atoms. The first kappa shape index (κ1) is 24.4. The second kappa shape index (κ2) is 8.82. The van der Waals surface area contributed by atoms with Gasteiger partial charge < -0.3 is 5.32 Å². The Morgan fingerprint density at radius 2 is 1.79 bits per heavy atom. The van der Waals surface area contributed by atoms with Crippen LogP contribution in [0.4, 0.5) is 18.9 Å². The molecule has 0 atom stereocenters. The first-order valence-electron chi connectivity index (χ1n) is 10.3.